The molecular formula is C13H8ClN3O3. The van der Waals surface area contributed by atoms with E-state index in [0.29, 0.717) is 11.1 Å². The lowest BCUT2D eigenvalue weighted by Gasteiger charge is -2.02. The first-order valence-corrected chi connectivity index (χ1v) is 6.09. The Morgan fingerprint density at radius 2 is 2.15 bits per heavy atom. The maximum absolute atomic E-state index is 12.4. The first kappa shape index (κ1) is 12.6. The van der Waals surface area contributed by atoms with E-state index in [1.807, 2.05) is 0 Å². The molecule has 0 amide bonds. The van der Waals surface area contributed by atoms with Crippen molar-refractivity contribution in [3.05, 3.63) is 57.6 Å². The van der Waals surface area contributed by atoms with Gasteiger partial charge in [0.25, 0.3) is 5.91 Å². The van der Waals surface area contributed by atoms with Crippen LogP contribution in [0.3, 0.4) is 0 Å². The summed E-state index contributed by atoms with van der Waals surface area (Å²) < 4.78 is 6.01. The van der Waals surface area contributed by atoms with Gasteiger partial charge in [0, 0.05) is 6.07 Å². The Hall–Kier alpha value is -2.47. The van der Waals surface area contributed by atoms with Gasteiger partial charge in [0.05, 0.1) is 0 Å². The summed E-state index contributed by atoms with van der Waals surface area (Å²) in [6, 6.07) is 6.46. The number of aromatic nitrogens is 3. The quantitative estimate of drug-likeness (QED) is 0.641. The molecule has 3 aromatic rings. The van der Waals surface area contributed by atoms with Crippen LogP contribution >= 0.6 is 11.6 Å². The molecule has 0 aliphatic rings. The molecule has 0 spiro atoms. The van der Waals surface area contributed by atoms with E-state index < -0.39 is 11.7 Å². The topological polar surface area (TPSA) is 78.0 Å². The second-order valence-corrected chi connectivity index (χ2v) is 4.54. The summed E-state index contributed by atoms with van der Waals surface area (Å²) in [5.74, 6) is -1.36. The van der Waals surface area contributed by atoms with Crippen molar-refractivity contribution in [2.75, 3.05) is 0 Å². The molecule has 0 atom stereocenters. The van der Waals surface area contributed by atoms with E-state index >= 15 is 0 Å². The van der Waals surface area contributed by atoms with Crippen molar-refractivity contribution in [3.63, 3.8) is 0 Å². The molecule has 2 aromatic heterocycles. The van der Waals surface area contributed by atoms with Gasteiger partial charge in [-0.25, -0.2) is 19.3 Å². The standard InChI is InChI=1S/C13H8ClN3O3/c1-7-3-2-4-9-11(7)17(13(19)20-9)12(18)8-5-10(14)16-6-15-8/h2-6H,1H3. The van der Waals surface area contributed by atoms with Gasteiger partial charge in [0.15, 0.2) is 5.58 Å². The zero-order chi connectivity index (χ0) is 14.3. The Kier molecular flexibility index (Phi) is 2.87. The van der Waals surface area contributed by atoms with Crippen LogP contribution < -0.4 is 5.76 Å². The van der Waals surface area contributed by atoms with E-state index in [9.17, 15) is 9.59 Å². The minimum Gasteiger partial charge on any atom is -0.407 e. The number of carbonyl (C=O) groups is 1. The predicted molar refractivity (Wildman–Crippen MR) is 72.0 cm³/mol. The Morgan fingerprint density at radius 3 is 2.90 bits per heavy atom. The fraction of sp³-hybridized carbons (Fsp3) is 0.0769. The summed E-state index contributed by atoms with van der Waals surface area (Å²) in [6.07, 6.45) is 1.16. The molecule has 0 bridgehead atoms. The Bertz CT molecular complexity index is 882. The lowest BCUT2D eigenvalue weighted by Crippen LogP contribution is -2.24. The monoisotopic (exact) mass is 289 g/mol. The van der Waals surface area contributed by atoms with Gasteiger partial charge < -0.3 is 4.42 Å². The predicted octanol–water partition coefficient (Wildman–Crippen LogP) is 2.03. The zero-order valence-corrected chi connectivity index (χ0v) is 11.1. The molecule has 20 heavy (non-hydrogen) atoms. The Balaban J connectivity index is 2.27. The first-order chi connectivity index (χ1) is 9.58. The lowest BCUT2D eigenvalue weighted by molar-refractivity contribution is 0.0951. The number of fused-ring (bicyclic) bond motifs is 1. The van der Waals surface area contributed by atoms with Crippen LogP contribution in [0, 0.1) is 6.92 Å². The van der Waals surface area contributed by atoms with Gasteiger partial charge in [-0.2, -0.15) is 0 Å². The molecule has 7 heteroatoms. The Labute approximate surface area is 117 Å². The number of para-hydroxylation sites is 1. The number of carbonyl (C=O) groups excluding carboxylic acids is 1. The molecule has 6 nitrogen and oxygen atoms in total. The highest BCUT2D eigenvalue weighted by Gasteiger charge is 2.20. The molecule has 0 fully saturated rings. The van der Waals surface area contributed by atoms with E-state index in [4.69, 9.17) is 16.0 Å². The molecule has 2 heterocycles. The summed E-state index contributed by atoms with van der Waals surface area (Å²) in [7, 11) is 0. The van der Waals surface area contributed by atoms with E-state index in [-0.39, 0.29) is 10.8 Å². The van der Waals surface area contributed by atoms with Gasteiger partial charge in [-0.1, -0.05) is 23.7 Å². The van der Waals surface area contributed by atoms with Crippen LogP contribution in [0.4, 0.5) is 0 Å². The van der Waals surface area contributed by atoms with Crippen molar-refractivity contribution in [2.45, 2.75) is 6.92 Å². The molecule has 100 valence electrons. The number of benzene rings is 1. The highest BCUT2D eigenvalue weighted by Crippen LogP contribution is 2.18. The van der Waals surface area contributed by atoms with Gasteiger partial charge in [0.1, 0.15) is 22.7 Å². The third-order valence-electron chi connectivity index (χ3n) is 2.86. The lowest BCUT2D eigenvalue weighted by atomic mass is 10.2. The molecule has 0 aliphatic heterocycles. The first-order valence-electron chi connectivity index (χ1n) is 5.71. The van der Waals surface area contributed by atoms with Crippen molar-refractivity contribution < 1.29 is 9.21 Å². The van der Waals surface area contributed by atoms with Crippen LogP contribution in [0.25, 0.3) is 11.1 Å². The number of hydrogen-bond donors (Lipinski definition) is 0. The van der Waals surface area contributed by atoms with E-state index in [0.717, 1.165) is 16.5 Å². The number of oxazole rings is 1. The largest absolute Gasteiger partial charge is 0.427 e. The number of aryl methyl sites for hydroxylation is 1. The zero-order valence-electron chi connectivity index (χ0n) is 10.3. The van der Waals surface area contributed by atoms with Crippen molar-refractivity contribution in [2.24, 2.45) is 0 Å². The van der Waals surface area contributed by atoms with Crippen LogP contribution in [0.5, 0.6) is 0 Å². The second kappa shape index (κ2) is 4.57. The van der Waals surface area contributed by atoms with E-state index in [1.54, 1.807) is 25.1 Å². The molecule has 0 saturated heterocycles. The Morgan fingerprint density at radius 1 is 1.35 bits per heavy atom. The number of halogens is 1. The molecule has 1 aromatic carbocycles. The third-order valence-corrected chi connectivity index (χ3v) is 3.07. The van der Waals surface area contributed by atoms with Crippen molar-refractivity contribution >= 4 is 28.6 Å². The van der Waals surface area contributed by atoms with Crippen LogP contribution in [-0.4, -0.2) is 20.4 Å². The van der Waals surface area contributed by atoms with Gasteiger partial charge in [0.2, 0.25) is 0 Å². The molecule has 3 rings (SSSR count). The molecule has 0 radical (unpaired) electrons. The highest BCUT2D eigenvalue weighted by atomic mass is 35.5. The van der Waals surface area contributed by atoms with Crippen molar-refractivity contribution in [1.82, 2.24) is 14.5 Å². The average Bonchev–Trinajstić information content (AvgIpc) is 2.75. The van der Waals surface area contributed by atoms with Crippen LogP contribution in [0.2, 0.25) is 5.15 Å². The van der Waals surface area contributed by atoms with Crippen LogP contribution in [0.1, 0.15) is 16.1 Å². The normalized spacial score (nSPS) is 10.9. The second-order valence-electron chi connectivity index (χ2n) is 4.16. The van der Waals surface area contributed by atoms with Gasteiger partial charge in [-0.15, -0.1) is 0 Å². The minimum atomic E-state index is -0.756. The maximum Gasteiger partial charge on any atom is 0.427 e. The van der Waals surface area contributed by atoms with E-state index in [2.05, 4.69) is 9.97 Å². The van der Waals surface area contributed by atoms with Gasteiger partial charge >= 0.3 is 5.76 Å². The fourth-order valence-electron chi connectivity index (χ4n) is 1.98. The summed E-state index contributed by atoms with van der Waals surface area (Å²) in [4.78, 5) is 31.8. The smallest absolute Gasteiger partial charge is 0.407 e. The number of nitrogens with zero attached hydrogens (tertiary/aromatic N) is 3. The van der Waals surface area contributed by atoms with Gasteiger partial charge in [-0.05, 0) is 18.6 Å². The maximum atomic E-state index is 12.4. The average molecular weight is 290 g/mol. The molecular weight excluding hydrogens is 282 g/mol. The van der Waals surface area contributed by atoms with Gasteiger partial charge in [-0.3, -0.25) is 4.79 Å². The van der Waals surface area contributed by atoms with Crippen LogP contribution in [0.15, 0.2) is 39.8 Å². The number of hydrogen-bond acceptors (Lipinski definition) is 5. The molecule has 0 N–H and O–H groups in total. The fourth-order valence-corrected chi connectivity index (χ4v) is 2.13. The summed E-state index contributed by atoms with van der Waals surface area (Å²) in [5.41, 5.74) is 1.56. The summed E-state index contributed by atoms with van der Waals surface area (Å²) in [6.45, 7) is 1.79. The van der Waals surface area contributed by atoms with E-state index in [1.165, 1.54) is 6.07 Å². The number of rotatable bonds is 1. The van der Waals surface area contributed by atoms with Crippen molar-refractivity contribution in [1.29, 1.82) is 0 Å². The highest BCUT2D eigenvalue weighted by molar-refractivity contribution is 6.29. The van der Waals surface area contributed by atoms with Crippen molar-refractivity contribution in [3.8, 4) is 0 Å². The summed E-state index contributed by atoms with van der Waals surface area (Å²) in [5, 5.41) is 0.126. The third kappa shape index (κ3) is 1.90. The minimum absolute atomic E-state index is 0.0260. The molecule has 0 unspecified atom stereocenters. The molecule has 0 aliphatic carbocycles. The summed E-state index contributed by atoms with van der Waals surface area (Å²) >= 11 is 5.73. The SMILES string of the molecule is Cc1cccc2oc(=O)n(C(=O)c3cc(Cl)ncn3)c12. The van der Waals surface area contributed by atoms with Crippen LogP contribution in [-0.2, 0) is 0 Å². The molecule has 0 saturated carbocycles.